The fourth-order valence-corrected chi connectivity index (χ4v) is 2.91. The second kappa shape index (κ2) is 6.70. The van der Waals surface area contributed by atoms with Crippen LogP contribution >= 0.6 is 0 Å². The Labute approximate surface area is 150 Å². The molecule has 0 aliphatic rings. The number of primary sulfonamides is 1. The van der Waals surface area contributed by atoms with Gasteiger partial charge in [-0.3, -0.25) is 9.89 Å². The van der Waals surface area contributed by atoms with E-state index in [9.17, 15) is 13.2 Å². The molecule has 0 spiro atoms. The zero-order valence-corrected chi connectivity index (χ0v) is 15.0. The summed E-state index contributed by atoms with van der Waals surface area (Å²) in [6.07, 6.45) is 0. The van der Waals surface area contributed by atoms with E-state index in [1.807, 2.05) is 31.2 Å². The van der Waals surface area contributed by atoms with E-state index in [1.165, 1.54) is 22.9 Å². The standard InChI is InChI=1S/C17H17N5O3S/c1-11-6-8-14(9-7-11)22-17(23)16(12(2)21-22)20-19-13-4-3-5-15(10-13)26(18,24)25/h3-10,21H,1-2H3,(H2,18,24,25). The van der Waals surface area contributed by atoms with Crippen LogP contribution in [0.15, 0.2) is 68.4 Å². The lowest BCUT2D eigenvalue weighted by atomic mass is 10.2. The Bertz CT molecular complexity index is 1140. The Morgan fingerprint density at radius 3 is 2.38 bits per heavy atom. The number of nitrogens with two attached hydrogens (primary N) is 1. The molecule has 0 aliphatic carbocycles. The molecule has 0 atom stereocenters. The van der Waals surface area contributed by atoms with Crippen molar-refractivity contribution in [1.82, 2.24) is 9.78 Å². The number of rotatable bonds is 4. The van der Waals surface area contributed by atoms with Crippen molar-refractivity contribution in [2.75, 3.05) is 0 Å². The van der Waals surface area contributed by atoms with Crippen LogP contribution in [0.4, 0.5) is 11.4 Å². The van der Waals surface area contributed by atoms with Gasteiger partial charge in [0.25, 0.3) is 5.56 Å². The summed E-state index contributed by atoms with van der Waals surface area (Å²) in [7, 11) is -3.83. The number of hydrogen-bond donors (Lipinski definition) is 2. The Kier molecular flexibility index (Phi) is 4.58. The van der Waals surface area contributed by atoms with Crippen LogP contribution in [-0.4, -0.2) is 18.2 Å². The van der Waals surface area contributed by atoms with E-state index in [-0.39, 0.29) is 21.8 Å². The van der Waals surface area contributed by atoms with Crippen LogP contribution in [0.25, 0.3) is 5.69 Å². The predicted octanol–water partition coefficient (Wildman–Crippen LogP) is 2.85. The Morgan fingerprint density at radius 1 is 1.04 bits per heavy atom. The van der Waals surface area contributed by atoms with Gasteiger partial charge in [0.15, 0.2) is 5.69 Å². The van der Waals surface area contributed by atoms with Crippen molar-refractivity contribution in [3.8, 4) is 5.69 Å². The first-order chi connectivity index (χ1) is 12.3. The highest BCUT2D eigenvalue weighted by Gasteiger charge is 2.12. The topological polar surface area (TPSA) is 123 Å². The maximum Gasteiger partial charge on any atom is 0.299 e. The van der Waals surface area contributed by atoms with Crippen molar-refractivity contribution in [3.63, 3.8) is 0 Å². The van der Waals surface area contributed by atoms with Crippen molar-refractivity contribution in [1.29, 1.82) is 0 Å². The maximum absolute atomic E-state index is 12.6. The minimum Gasteiger partial charge on any atom is -0.293 e. The lowest BCUT2D eigenvalue weighted by Gasteiger charge is -2.01. The highest BCUT2D eigenvalue weighted by molar-refractivity contribution is 7.89. The zero-order valence-electron chi connectivity index (χ0n) is 14.2. The number of aromatic nitrogens is 2. The van der Waals surface area contributed by atoms with Gasteiger partial charge in [-0.15, -0.1) is 5.11 Å². The molecule has 0 saturated heterocycles. The van der Waals surface area contributed by atoms with Gasteiger partial charge in [-0.1, -0.05) is 23.8 Å². The summed E-state index contributed by atoms with van der Waals surface area (Å²) < 4.78 is 24.2. The molecule has 0 unspecified atom stereocenters. The summed E-state index contributed by atoms with van der Waals surface area (Å²) in [5.74, 6) is 0. The smallest absolute Gasteiger partial charge is 0.293 e. The number of hydrogen-bond acceptors (Lipinski definition) is 5. The van der Waals surface area contributed by atoms with E-state index in [2.05, 4.69) is 15.3 Å². The van der Waals surface area contributed by atoms with E-state index >= 15 is 0 Å². The van der Waals surface area contributed by atoms with E-state index in [0.29, 0.717) is 11.4 Å². The second-order valence-electron chi connectivity index (χ2n) is 5.80. The molecule has 0 fully saturated rings. The molecule has 1 heterocycles. The fraction of sp³-hybridized carbons (Fsp3) is 0.118. The molecular weight excluding hydrogens is 354 g/mol. The van der Waals surface area contributed by atoms with E-state index in [4.69, 9.17) is 5.14 Å². The Balaban J connectivity index is 1.98. The van der Waals surface area contributed by atoms with Gasteiger partial charge in [-0.05, 0) is 44.2 Å². The SMILES string of the molecule is Cc1ccc(-n2[nH]c(C)c(N=Nc3cccc(S(N)(=O)=O)c3)c2=O)cc1. The quantitative estimate of drug-likeness (QED) is 0.685. The molecule has 3 aromatic rings. The first-order valence-corrected chi connectivity index (χ1v) is 9.23. The summed E-state index contributed by atoms with van der Waals surface area (Å²) in [5, 5.41) is 16.0. The number of nitrogens with zero attached hydrogens (tertiary/aromatic N) is 3. The minimum absolute atomic E-state index is 0.0724. The second-order valence-corrected chi connectivity index (χ2v) is 7.37. The van der Waals surface area contributed by atoms with Crippen LogP contribution in [0.1, 0.15) is 11.3 Å². The van der Waals surface area contributed by atoms with Crippen molar-refractivity contribution < 1.29 is 8.42 Å². The van der Waals surface area contributed by atoms with Crippen LogP contribution in [0.2, 0.25) is 0 Å². The van der Waals surface area contributed by atoms with Gasteiger partial charge in [-0.25, -0.2) is 18.2 Å². The third-order valence-electron chi connectivity index (χ3n) is 3.74. The molecule has 1 aromatic heterocycles. The molecule has 0 amide bonds. The molecule has 0 bridgehead atoms. The summed E-state index contributed by atoms with van der Waals surface area (Å²) in [6.45, 7) is 3.67. The first kappa shape index (κ1) is 17.8. The van der Waals surface area contributed by atoms with Crippen LogP contribution in [0.5, 0.6) is 0 Å². The molecule has 3 N–H and O–H groups in total. The third-order valence-corrected chi connectivity index (χ3v) is 4.66. The van der Waals surface area contributed by atoms with Gasteiger partial charge >= 0.3 is 0 Å². The summed E-state index contributed by atoms with van der Waals surface area (Å²) in [4.78, 5) is 12.5. The van der Waals surface area contributed by atoms with Crippen molar-refractivity contribution in [3.05, 3.63) is 70.1 Å². The average Bonchev–Trinajstić information content (AvgIpc) is 2.87. The van der Waals surface area contributed by atoms with Gasteiger partial charge in [0.05, 0.1) is 22.0 Å². The van der Waals surface area contributed by atoms with Crippen molar-refractivity contribution in [2.24, 2.45) is 15.4 Å². The number of H-pyrrole nitrogens is 1. The number of azo groups is 1. The summed E-state index contributed by atoms with van der Waals surface area (Å²) >= 11 is 0. The van der Waals surface area contributed by atoms with Gasteiger partial charge < -0.3 is 0 Å². The highest BCUT2D eigenvalue weighted by atomic mass is 32.2. The Morgan fingerprint density at radius 2 is 1.73 bits per heavy atom. The monoisotopic (exact) mass is 371 g/mol. The van der Waals surface area contributed by atoms with E-state index in [1.54, 1.807) is 13.0 Å². The predicted molar refractivity (Wildman–Crippen MR) is 97.9 cm³/mol. The van der Waals surface area contributed by atoms with E-state index in [0.717, 1.165) is 5.56 Å². The third kappa shape index (κ3) is 3.63. The van der Waals surface area contributed by atoms with Gasteiger partial charge in [0.2, 0.25) is 10.0 Å². The van der Waals surface area contributed by atoms with E-state index < -0.39 is 10.0 Å². The molecule has 2 aromatic carbocycles. The largest absolute Gasteiger partial charge is 0.299 e. The molecule has 0 saturated carbocycles. The summed E-state index contributed by atoms with van der Waals surface area (Å²) in [6, 6.07) is 13.2. The molecular formula is C17H17N5O3S. The molecule has 8 nitrogen and oxygen atoms in total. The minimum atomic E-state index is -3.83. The lowest BCUT2D eigenvalue weighted by Crippen LogP contribution is -2.13. The first-order valence-electron chi connectivity index (χ1n) is 7.69. The van der Waals surface area contributed by atoms with Crippen molar-refractivity contribution >= 4 is 21.4 Å². The van der Waals surface area contributed by atoms with Crippen LogP contribution in [-0.2, 0) is 10.0 Å². The maximum atomic E-state index is 12.6. The number of sulfonamides is 1. The number of aromatic amines is 1. The highest BCUT2D eigenvalue weighted by Crippen LogP contribution is 2.21. The normalized spacial score (nSPS) is 12.0. The molecule has 3 rings (SSSR count). The van der Waals surface area contributed by atoms with Crippen molar-refractivity contribution in [2.45, 2.75) is 18.7 Å². The summed E-state index contributed by atoms with van der Waals surface area (Å²) in [5.41, 5.74) is 2.38. The lowest BCUT2D eigenvalue weighted by molar-refractivity contribution is 0.598. The molecule has 0 radical (unpaired) electrons. The number of benzene rings is 2. The Hall–Kier alpha value is -3.04. The van der Waals surface area contributed by atoms with Crippen LogP contribution in [0, 0.1) is 13.8 Å². The average molecular weight is 371 g/mol. The molecule has 9 heteroatoms. The fourth-order valence-electron chi connectivity index (χ4n) is 2.36. The van der Waals surface area contributed by atoms with Gasteiger partial charge in [-0.2, -0.15) is 5.11 Å². The van der Waals surface area contributed by atoms with Crippen LogP contribution in [0.3, 0.4) is 0 Å². The zero-order chi connectivity index (χ0) is 18.9. The van der Waals surface area contributed by atoms with Crippen LogP contribution < -0.4 is 10.7 Å². The number of nitrogens with one attached hydrogen (secondary N) is 1. The number of aryl methyl sites for hydroxylation is 2. The molecule has 0 aliphatic heterocycles. The molecule has 134 valence electrons. The molecule has 26 heavy (non-hydrogen) atoms. The van der Waals surface area contributed by atoms with Gasteiger partial charge in [0, 0.05) is 0 Å². The van der Waals surface area contributed by atoms with Gasteiger partial charge in [0.1, 0.15) is 0 Å².